The van der Waals surface area contributed by atoms with E-state index in [9.17, 15) is 4.79 Å². The van der Waals surface area contributed by atoms with Gasteiger partial charge in [0.05, 0.1) is 17.5 Å². The van der Waals surface area contributed by atoms with Crippen LogP contribution in [0, 0.1) is 17.2 Å². The summed E-state index contributed by atoms with van der Waals surface area (Å²) in [6.07, 6.45) is 4.50. The molecule has 0 aliphatic heterocycles. The predicted octanol–water partition coefficient (Wildman–Crippen LogP) is 2.54. The van der Waals surface area contributed by atoms with Gasteiger partial charge in [0.1, 0.15) is 0 Å². The van der Waals surface area contributed by atoms with Crippen molar-refractivity contribution in [3.63, 3.8) is 0 Å². The van der Waals surface area contributed by atoms with E-state index in [0.717, 1.165) is 17.5 Å². The topological polar surface area (TPSA) is 99.2 Å². The van der Waals surface area contributed by atoms with Gasteiger partial charge < -0.3 is 16.2 Å². The van der Waals surface area contributed by atoms with Crippen LogP contribution in [0.5, 0.6) is 0 Å². The maximum atomic E-state index is 11.3. The highest BCUT2D eigenvalue weighted by atomic mass is 16.2. The van der Waals surface area contributed by atoms with Crippen LogP contribution in [0.3, 0.4) is 0 Å². The Hall–Kier alpha value is -2.30. The number of nitrogens with one attached hydrogen (secondary N) is 2. The van der Waals surface area contributed by atoms with Gasteiger partial charge >= 0.3 is 0 Å². The second kappa shape index (κ2) is 5.48. The van der Waals surface area contributed by atoms with Gasteiger partial charge in [-0.25, -0.2) is 0 Å². The molecule has 5 nitrogen and oxygen atoms in total. The van der Waals surface area contributed by atoms with Gasteiger partial charge in [-0.15, -0.1) is 0 Å². The van der Waals surface area contributed by atoms with Gasteiger partial charge in [-0.05, 0) is 48.6 Å². The summed E-state index contributed by atoms with van der Waals surface area (Å²) in [5, 5.41) is 20.3. The Bertz CT molecular complexity index is 666. The number of rotatable bonds is 5. The summed E-state index contributed by atoms with van der Waals surface area (Å²) in [5.41, 5.74) is 7.59. The second-order valence-electron chi connectivity index (χ2n) is 6.18. The smallest absolute Gasteiger partial charge is 0.254 e. The van der Waals surface area contributed by atoms with E-state index in [1.54, 1.807) is 7.05 Å². The Labute approximate surface area is 129 Å². The number of primary amides is 1. The predicted molar refractivity (Wildman–Crippen MR) is 86.3 cm³/mol. The largest absolute Gasteiger partial charge is 0.515 e. The Morgan fingerprint density at radius 2 is 2.23 bits per heavy atom. The van der Waals surface area contributed by atoms with Crippen LogP contribution in [0.15, 0.2) is 30.0 Å². The van der Waals surface area contributed by atoms with Crippen LogP contribution in [-0.2, 0) is 4.79 Å². The van der Waals surface area contributed by atoms with Gasteiger partial charge in [0.15, 0.2) is 0 Å². The van der Waals surface area contributed by atoms with Crippen molar-refractivity contribution in [2.45, 2.75) is 25.2 Å². The molecule has 2 aliphatic carbocycles. The van der Waals surface area contributed by atoms with Crippen molar-refractivity contribution in [3.05, 3.63) is 41.2 Å². The molecule has 5 heteroatoms. The lowest BCUT2D eigenvalue weighted by molar-refractivity contribution is -0.114. The molecule has 2 unspecified atom stereocenters. The van der Waals surface area contributed by atoms with Crippen molar-refractivity contribution in [2.24, 2.45) is 17.6 Å². The average molecular weight is 299 g/mol. The Kier molecular flexibility index (Phi) is 3.64. The van der Waals surface area contributed by atoms with Gasteiger partial charge in [0.2, 0.25) is 0 Å². The molecule has 22 heavy (non-hydrogen) atoms. The van der Waals surface area contributed by atoms with E-state index in [4.69, 9.17) is 16.2 Å². The highest BCUT2D eigenvalue weighted by Gasteiger charge is 2.48. The third-order valence-corrected chi connectivity index (χ3v) is 5.02. The zero-order chi connectivity index (χ0) is 15.9. The second-order valence-corrected chi connectivity index (χ2v) is 6.18. The molecule has 0 bridgehead atoms. The molecular formula is C17H21N3O2. The molecule has 5 N–H and O–H groups in total. The van der Waals surface area contributed by atoms with Crippen molar-refractivity contribution in [2.75, 3.05) is 12.4 Å². The number of benzene rings is 1. The molecule has 2 saturated carbocycles. The number of hydrogen-bond donors (Lipinski definition) is 4. The number of aliphatic hydroxyl groups excluding tert-OH is 1. The summed E-state index contributed by atoms with van der Waals surface area (Å²) in [4.78, 5) is 11.3. The first-order valence-corrected chi connectivity index (χ1v) is 7.62. The number of carbonyl (C=O) groups excluding carboxylic acids is 1. The minimum Gasteiger partial charge on any atom is -0.515 e. The fraction of sp³-hybridized carbons (Fsp3) is 0.412. The third-order valence-electron chi connectivity index (χ3n) is 5.02. The van der Waals surface area contributed by atoms with E-state index in [1.165, 1.54) is 24.8 Å². The highest BCUT2D eigenvalue weighted by molar-refractivity contribution is 6.27. The normalized spacial score (nSPS) is 26.4. The lowest BCUT2D eigenvalue weighted by Crippen LogP contribution is -2.21. The summed E-state index contributed by atoms with van der Waals surface area (Å²) < 4.78 is 0. The fourth-order valence-corrected chi connectivity index (χ4v) is 3.73. The first-order valence-electron chi connectivity index (χ1n) is 7.62. The molecule has 0 heterocycles. The summed E-state index contributed by atoms with van der Waals surface area (Å²) in [6.45, 7) is 0. The molecular weight excluding hydrogens is 278 g/mol. The van der Waals surface area contributed by atoms with Crippen LogP contribution in [0.25, 0.3) is 0 Å². The fourth-order valence-electron chi connectivity index (χ4n) is 3.73. The van der Waals surface area contributed by atoms with E-state index in [2.05, 4.69) is 11.4 Å². The molecule has 2 aliphatic rings. The highest BCUT2D eigenvalue weighted by Crippen LogP contribution is 2.59. The van der Waals surface area contributed by atoms with Crippen LogP contribution >= 0.6 is 0 Å². The monoisotopic (exact) mass is 299 g/mol. The Morgan fingerprint density at radius 1 is 1.45 bits per heavy atom. The molecule has 0 aromatic heterocycles. The number of carbonyl (C=O) groups is 1. The van der Waals surface area contributed by atoms with Crippen molar-refractivity contribution in [1.29, 1.82) is 5.41 Å². The maximum Gasteiger partial charge on any atom is 0.254 e. The summed E-state index contributed by atoms with van der Waals surface area (Å²) in [5.74, 6) is 1.55. The van der Waals surface area contributed by atoms with Crippen molar-refractivity contribution < 1.29 is 9.90 Å². The first-order chi connectivity index (χ1) is 10.6. The molecule has 3 rings (SSSR count). The number of anilines is 1. The van der Waals surface area contributed by atoms with Crippen LogP contribution in [0.1, 0.15) is 36.3 Å². The zero-order valence-corrected chi connectivity index (χ0v) is 12.6. The van der Waals surface area contributed by atoms with Gasteiger partial charge in [-0.2, -0.15) is 0 Å². The third kappa shape index (κ3) is 2.36. The molecule has 1 aromatic rings. The SMILES string of the molecule is CNc1cc(C2CC[C@H]3CC23)ccc1C(=N)/C(=C/O)C(N)=O. The number of nitrogens with two attached hydrogens (primary N) is 1. The molecule has 3 atom stereocenters. The Balaban J connectivity index is 1.92. The summed E-state index contributed by atoms with van der Waals surface area (Å²) >= 11 is 0. The molecule has 0 saturated heterocycles. The van der Waals surface area contributed by atoms with E-state index in [-0.39, 0.29) is 11.3 Å². The number of amides is 1. The van der Waals surface area contributed by atoms with Crippen LogP contribution in [0.4, 0.5) is 5.69 Å². The standard InChI is InChI=1S/C17H21N3O2/c1-20-15-7-10(11-4-2-9-6-13(9)11)3-5-12(15)16(18)14(8-21)17(19)22/h3,5,7-9,11,13,18,20-21H,2,4,6H2,1H3,(H2,19,22)/b14-8-,18-16?/t9-,11?,13?/m0/s1. The van der Waals surface area contributed by atoms with Crippen molar-refractivity contribution in [3.8, 4) is 0 Å². The molecule has 1 amide bonds. The van der Waals surface area contributed by atoms with Gasteiger partial charge in [-0.3, -0.25) is 10.2 Å². The van der Waals surface area contributed by atoms with Crippen LogP contribution in [-0.4, -0.2) is 23.8 Å². The van der Waals surface area contributed by atoms with E-state index in [0.29, 0.717) is 17.7 Å². The minimum absolute atomic E-state index is 0.0679. The summed E-state index contributed by atoms with van der Waals surface area (Å²) in [7, 11) is 1.79. The summed E-state index contributed by atoms with van der Waals surface area (Å²) in [6, 6.07) is 5.93. The number of fused-ring (bicyclic) bond motifs is 1. The molecule has 2 fully saturated rings. The molecule has 116 valence electrons. The van der Waals surface area contributed by atoms with Crippen molar-refractivity contribution >= 4 is 17.3 Å². The van der Waals surface area contributed by atoms with E-state index in [1.807, 2.05) is 12.1 Å². The zero-order valence-electron chi connectivity index (χ0n) is 12.6. The van der Waals surface area contributed by atoms with Crippen LogP contribution < -0.4 is 11.1 Å². The minimum atomic E-state index is -0.810. The lowest BCUT2D eigenvalue weighted by atomic mass is 9.91. The molecule has 0 spiro atoms. The average Bonchev–Trinajstić information content (AvgIpc) is 3.17. The number of hydrogen-bond acceptors (Lipinski definition) is 4. The molecule has 1 aromatic carbocycles. The van der Waals surface area contributed by atoms with Gasteiger partial charge in [0.25, 0.3) is 5.91 Å². The van der Waals surface area contributed by atoms with E-state index < -0.39 is 5.91 Å². The quantitative estimate of drug-likeness (QED) is 0.382. The maximum absolute atomic E-state index is 11.3. The van der Waals surface area contributed by atoms with Crippen molar-refractivity contribution in [1.82, 2.24) is 0 Å². The first kappa shape index (κ1) is 14.6. The van der Waals surface area contributed by atoms with E-state index >= 15 is 0 Å². The number of aliphatic hydroxyl groups is 1. The molecule has 0 radical (unpaired) electrons. The lowest BCUT2D eigenvalue weighted by Gasteiger charge is -2.17. The Morgan fingerprint density at radius 3 is 2.73 bits per heavy atom. The van der Waals surface area contributed by atoms with Crippen LogP contribution in [0.2, 0.25) is 0 Å². The van der Waals surface area contributed by atoms with Gasteiger partial charge in [-0.1, -0.05) is 12.1 Å². The van der Waals surface area contributed by atoms with Gasteiger partial charge in [0, 0.05) is 18.3 Å².